The molecule has 40 nitrogen and oxygen atoms in total. The van der Waals surface area contributed by atoms with Gasteiger partial charge in [-0.3, -0.25) is 69.5 Å². The number of amides is 7. The lowest BCUT2D eigenvalue weighted by Gasteiger charge is -2.39. The van der Waals surface area contributed by atoms with E-state index in [9.17, 15) is 61.6 Å². The number of hydrazine groups is 1. The fourth-order valence-corrected chi connectivity index (χ4v) is 24.0. The Hall–Kier alpha value is -9.85. The second-order valence-electron chi connectivity index (χ2n) is 45.1. The lowest BCUT2D eigenvalue weighted by molar-refractivity contribution is -0.201. The van der Waals surface area contributed by atoms with Gasteiger partial charge >= 0.3 is 28.6 Å². The van der Waals surface area contributed by atoms with E-state index in [0.717, 1.165) is 162 Å². The largest absolute Gasteiger partial charge is 0.469 e. The molecule has 41 heteroatoms. The van der Waals surface area contributed by atoms with Gasteiger partial charge in [-0.1, -0.05) is 92.8 Å². The Morgan fingerprint density at radius 2 is 0.858 bits per heavy atom. The topological polar surface area (TPSA) is 539 Å². The van der Waals surface area contributed by atoms with Crippen LogP contribution >= 0.6 is 0 Å². The summed E-state index contributed by atoms with van der Waals surface area (Å²) in [4.78, 5) is 137. The standard InChI is InChI=1S/C24H30N2O4.C23H27N3O3.C16H21N3O3.C15H20N4O6S.C11H20N2O3.C11H19NO4.H4N2/c27-18(11-16-7-4-8-16)14-25-22(28)20-13-24(9-10-24)21-12-19(20)23(29)26(21)30-15-17-5-2-1-3-6-17;27-22-17-12-19(26(22)28-14-16-5-2-1-3-6-16)23(9-10-23)13-18(17)21-25-24-20(29-21)11-15-7-4-8-15;20-15-10-7-12(19(15)21)16(4-5-16)8-11(10)14-18-17-13(22-14)6-9-2-1-3-9;20-14-9-4-11(19(14)25-26(21,22)23)15(1-2-15)5-10(9)13-18-17-12(24-13)3-8-6-16-7-8;1-11(2,3)16-10(15)13-6-8(7-13)4-9(14)5-12;1-11(2,3)16-10(14)12-6-8(7-12)5-9(13)15-4;1-2/h1-3,5-6,16,19-21H,4,7-15H2,(H,25,28);1-3,5-6,15,17-19H,4,7-14H2;9-12,21H,1-8H2;8-11,16H,1-7H2,(H,21,22,23);8H,4-7,12H2,1-3H3;8H,5-7H2,1-4H3;1-2H2/t19?,20-,21+;17?,18-,19+;10?,11-,12+;9?,10-,11+;;;/m1111.../s1. The molecule has 18 fully saturated rings. The van der Waals surface area contributed by atoms with Crippen LogP contribution < -0.4 is 28.1 Å². The average molecular weight is 1980 g/mol. The van der Waals surface area contributed by atoms with Gasteiger partial charge in [-0.05, 0) is 240 Å². The highest BCUT2D eigenvalue weighted by molar-refractivity contribution is 7.80. The van der Waals surface area contributed by atoms with Crippen molar-refractivity contribution < 1.29 is 108 Å². The minimum Gasteiger partial charge on any atom is -0.469 e. The van der Waals surface area contributed by atoms with Crippen LogP contribution in [0.5, 0.6) is 0 Å². The van der Waals surface area contributed by atoms with Crippen LogP contribution in [0.15, 0.2) is 73.9 Å². The van der Waals surface area contributed by atoms with Gasteiger partial charge in [-0.15, -0.1) is 34.9 Å². The van der Waals surface area contributed by atoms with Crippen molar-refractivity contribution in [2.24, 2.45) is 104 Å². The molecule has 11 saturated carbocycles. The Bertz CT molecular complexity index is 5330. The Morgan fingerprint density at radius 3 is 1.25 bits per heavy atom. The van der Waals surface area contributed by atoms with Crippen molar-refractivity contribution in [3.05, 3.63) is 107 Å². The van der Waals surface area contributed by atoms with Gasteiger partial charge in [0.2, 0.25) is 59.0 Å². The number of methoxy groups -OCH3 is 1. The zero-order valence-electron chi connectivity index (χ0n) is 82.1. The number of esters is 1. The zero-order chi connectivity index (χ0) is 99.8. The number of hydrogen-bond donors (Lipinski definition) is 7. The maximum absolute atomic E-state index is 13.3. The highest BCUT2D eigenvalue weighted by atomic mass is 32.3. The van der Waals surface area contributed by atoms with Gasteiger partial charge in [0.25, 0.3) is 5.91 Å². The number of carbonyl (C=O) groups is 10. The summed E-state index contributed by atoms with van der Waals surface area (Å²) >= 11 is 0. The Morgan fingerprint density at radius 1 is 0.482 bits per heavy atom. The van der Waals surface area contributed by atoms with Gasteiger partial charge in [0, 0.05) is 87.9 Å². The summed E-state index contributed by atoms with van der Waals surface area (Å²) in [6, 6.07) is 19.8. The second-order valence-corrected chi connectivity index (χ2v) is 46.1. The number of fused-ring (bicyclic) bond motifs is 12. The molecule has 770 valence electrons. The van der Waals surface area contributed by atoms with E-state index in [0.29, 0.717) is 125 Å². The van der Waals surface area contributed by atoms with Gasteiger partial charge in [-0.25, -0.2) is 24.8 Å². The molecule has 3 aromatic heterocycles. The molecule has 2 aromatic carbocycles. The molecule has 11 aliphatic carbocycles. The summed E-state index contributed by atoms with van der Waals surface area (Å²) in [7, 11) is -3.37. The fourth-order valence-electron chi connectivity index (χ4n) is 23.6. The molecule has 0 radical (unpaired) electrons. The Labute approximate surface area is 822 Å². The molecule has 10 heterocycles. The summed E-state index contributed by atoms with van der Waals surface area (Å²) in [5.74, 6) is 12.2. The number of rotatable bonds is 27. The first kappa shape index (κ1) is 103. The van der Waals surface area contributed by atoms with Crippen LogP contribution in [-0.2, 0) is 109 Å². The number of nitrogens with one attached hydrogen (secondary N) is 2. The summed E-state index contributed by atoms with van der Waals surface area (Å²) in [5.41, 5.74) is 6.50. The first-order chi connectivity index (χ1) is 67.4. The van der Waals surface area contributed by atoms with Crippen LogP contribution in [0.4, 0.5) is 9.59 Å². The number of ketones is 2. The van der Waals surface area contributed by atoms with Gasteiger partial charge in [0.05, 0.1) is 80.4 Å². The first-order valence-corrected chi connectivity index (χ1v) is 52.3. The molecule has 23 rings (SSSR count). The lowest BCUT2D eigenvalue weighted by atomic mass is 9.71. The van der Waals surface area contributed by atoms with E-state index in [1.165, 1.54) is 52.1 Å². The molecule has 10 N–H and O–H groups in total. The number of nitrogens with zero attached hydrogens (tertiary/aromatic N) is 12. The smallest absolute Gasteiger partial charge is 0.418 e. The van der Waals surface area contributed by atoms with Crippen LogP contribution in [0, 0.1) is 86.8 Å². The van der Waals surface area contributed by atoms with Crippen molar-refractivity contribution in [1.29, 1.82) is 0 Å². The molecule has 5 aromatic rings. The van der Waals surface area contributed by atoms with Crippen molar-refractivity contribution >= 4 is 69.7 Å². The third-order valence-electron chi connectivity index (χ3n) is 32.9. The molecule has 4 spiro atoms. The van der Waals surface area contributed by atoms with E-state index in [-0.39, 0.29) is 166 Å². The maximum Gasteiger partial charge on any atom is 0.418 e. The van der Waals surface area contributed by atoms with Crippen molar-refractivity contribution in [3.8, 4) is 0 Å². The maximum atomic E-state index is 13.3. The molecule has 4 unspecified atom stereocenters. The predicted octanol–water partition coefficient (Wildman–Crippen LogP) is 10.4. The van der Waals surface area contributed by atoms with Crippen LogP contribution in [-0.4, -0.2) is 233 Å². The summed E-state index contributed by atoms with van der Waals surface area (Å²) in [6.07, 6.45) is 28.7. The molecule has 12 atom stereocenters. The van der Waals surface area contributed by atoms with Crippen LogP contribution in [0.2, 0.25) is 0 Å². The highest BCUT2D eigenvalue weighted by Gasteiger charge is 2.70. The van der Waals surface area contributed by atoms with E-state index in [1.54, 1.807) is 19.9 Å². The highest BCUT2D eigenvalue weighted by Crippen LogP contribution is 2.69. The Kier molecular flexibility index (Phi) is 30.9. The summed E-state index contributed by atoms with van der Waals surface area (Å²) in [6.45, 7) is 16.2. The molecule has 18 aliphatic rings. The lowest BCUT2D eigenvalue weighted by Crippen LogP contribution is -2.52. The fraction of sp³-hybridized carbons (Fsp3) is 0.720. The van der Waals surface area contributed by atoms with Crippen molar-refractivity contribution in [1.82, 2.24) is 71.3 Å². The van der Waals surface area contributed by atoms with E-state index < -0.39 is 33.4 Å². The zero-order valence-corrected chi connectivity index (χ0v) is 82.9. The molecule has 8 bridgehead atoms. The van der Waals surface area contributed by atoms with Crippen molar-refractivity contribution in [2.45, 2.75) is 307 Å². The summed E-state index contributed by atoms with van der Waals surface area (Å²) < 4.78 is 68.7. The van der Waals surface area contributed by atoms with Gasteiger partial charge in [-0.2, -0.15) is 13.5 Å². The minimum atomic E-state index is -4.74. The Balaban J connectivity index is 0.000000118. The monoisotopic (exact) mass is 1980 g/mol. The van der Waals surface area contributed by atoms with E-state index in [4.69, 9.17) is 42.7 Å². The number of likely N-dealkylation sites (tertiary alicyclic amines) is 2. The molecular weight excluding hydrogens is 1840 g/mol. The van der Waals surface area contributed by atoms with Crippen LogP contribution in [0.25, 0.3) is 0 Å². The van der Waals surface area contributed by atoms with E-state index >= 15 is 0 Å². The number of carbonyl (C=O) groups excluding carboxylic acids is 10. The predicted molar refractivity (Wildman–Crippen MR) is 500 cm³/mol. The summed E-state index contributed by atoms with van der Waals surface area (Å²) in [5, 5.41) is 46.8. The normalized spacial score (nSPS) is 27.9. The SMILES string of the molecule is CC(C)(C)OC(=O)N1CC(CC(=O)CN)C1.COC(=O)CC1CN(C(=O)OC(C)(C)C)C1.NN.O=C(CNC(=O)[C@@H]1CC2(CC2)[C@@H]2CC1C(=O)N2OCc1ccccc1)CC1CCC1.O=C1C2C[C@H](N1O)C1(CC1)C[C@H]2c1nnc(CC2CCC2)o1.O=C1C2C[C@H](N1OCc1ccccc1)C1(CC1)C[C@H]2c1nnc(CC2CCC2)o1.O=C1C2C[C@H](N1OS(=O)(=O)O)C1(CC1)C[C@H]2c1nnc(CC2CNC2)o1. The number of ether oxygens (including phenoxy) is 3. The quantitative estimate of drug-likeness (QED) is 0.00641. The molecular formula is C100H141N17O23S. The number of hydrogen-bond acceptors (Lipinski definition) is 32. The number of Topliss-reactive ketones (excluding diaryl/α,β-unsaturated/α-hetero) is 2. The van der Waals surface area contributed by atoms with Crippen LogP contribution in [0.3, 0.4) is 0 Å². The molecule has 7 aliphatic heterocycles. The first-order valence-electron chi connectivity index (χ1n) is 51.0. The number of nitrogens with two attached hydrogens (primary N) is 3. The molecule has 7 saturated heterocycles. The minimum absolute atomic E-state index is 0.00830. The van der Waals surface area contributed by atoms with Crippen molar-refractivity contribution in [2.75, 3.05) is 59.5 Å². The number of hydroxylamine groups is 8. The van der Waals surface area contributed by atoms with Gasteiger partial charge in [0.1, 0.15) is 30.2 Å². The number of benzene rings is 2. The molecule has 141 heavy (non-hydrogen) atoms. The molecule has 7 amide bonds. The van der Waals surface area contributed by atoms with E-state index in [1.807, 2.05) is 102 Å². The number of aromatic nitrogens is 6. The average Bonchev–Trinajstić information content (AvgIpc) is 1.56. The van der Waals surface area contributed by atoms with E-state index in [2.05, 4.69) is 61.9 Å². The van der Waals surface area contributed by atoms with Crippen molar-refractivity contribution in [3.63, 3.8) is 0 Å². The third-order valence-corrected chi connectivity index (χ3v) is 33.3. The second kappa shape index (κ2) is 42.4. The third kappa shape index (κ3) is 23.9. The van der Waals surface area contributed by atoms with Crippen LogP contribution in [0.1, 0.15) is 286 Å². The van der Waals surface area contributed by atoms with Gasteiger partial charge in [0.15, 0.2) is 5.78 Å². The van der Waals surface area contributed by atoms with Gasteiger partial charge < -0.3 is 53.6 Å².